The van der Waals surface area contributed by atoms with Crippen molar-refractivity contribution in [2.24, 2.45) is 11.7 Å². The Bertz CT molecular complexity index is 464. The molecule has 1 aromatic heterocycles. The molecule has 1 heterocycles. The summed E-state index contributed by atoms with van der Waals surface area (Å²) in [5.74, 6) is 0.496. The molecule has 0 aliphatic heterocycles. The number of benzene rings is 1. The number of thiophene rings is 1. The van der Waals surface area contributed by atoms with E-state index < -0.39 is 0 Å². The molecule has 1 unspecified atom stereocenters. The van der Waals surface area contributed by atoms with Gasteiger partial charge >= 0.3 is 0 Å². The van der Waals surface area contributed by atoms with Crippen molar-refractivity contribution in [1.29, 1.82) is 0 Å². The van der Waals surface area contributed by atoms with Crippen LogP contribution < -0.4 is 5.73 Å². The molecule has 2 rings (SSSR count). The van der Waals surface area contributed by atoms with Crippen molar-refractivity contribution in [1.82, 2.24) is 0 Å². The van der Waals surface area contributed by atoms with E-state index in [2.05, 4.69) is 19.1 Å². The molecular weight excluding hydrogens is 226 g/mol. The molecule has 0 radical (unpaired) electrons. The summed E-state index contributed by atoms with van der Waals surface area (Å²) in [4.78, 5) is 1.26. The molecule has 1 aromatic carbocycles. The first-order valence-electron chi connectivity index (χ1n) is 5.08. The smallest absolute Gasteiger partial charge is 0.0623 e. The Labute approximate surface area is 98.9 Å². The molecule has 1 atom stereocenters. The second-order valence-electron chi connectivity index (χ2n) is 3.88. The summed E-state index contributed by atoms with van der Waals surface area (Å²) in [5.41, 5.74) is 5.63. The number of rotatable bonds is 3. The summed E-state index contributed by atoms with van der Waals surface area (Å²) in [7, 11) is 0. The second kappa shape index (κ2) is 4.52. The van der Waals surface area contributed by atoms with E-state index in [9.17, 15) is 0 Å². The van der Waals surface area contributed by atoms with Gasteiger partial charge in [-0.1, -0.05) is 36.7 Å². The van der Waals surface area contributed by atoms with Crippen molar-refractivity contribution in [3.8, 4) is 0 Å². The molecule has 0 aliphatic rings. The predicted octanol–water partition coefficient (Wildman–Crippen LogP) is 3.69. The lowest BCUT2D eigenvalue weighted by atomic mass is 10.1. The topological polar surface area (TPSA) is 26.0 Å². The zero-order valence-corrected chi connectivity index (χ0v) is 10.2. The number of fused-ring (bicyclic) bond motifs is 1. The summed E-state index contributed by atoms with van der Waals surface area (Å²) in [5, 5.41) is 2.08. The summed E-state index contributed by atoms with van der Waals surface area (Å²) in [6.45, 7) is 2.87. The van der Waals surface area contributed by atoms with Crippen LogP contribution in [0.5, 0.6) is 0 Å². The molecule has 0 aliphatic carbocycles. The quantitative estimate of drug-likeness (QED) is 0.869. The van der Waals surface area contributed by atoms with Crippen LogP contribution in [0.2, 0.25) is 5.02 Å². The molecule has 0 amide bonds. The van der Waals surface area contributed by atoms with E-state index in [1.54, 1.807) is 11.3 Å². The SMILES string of the molecule is CC(CN)Cc1sc2ccccc2c1Cl. The van der Waals surface area contributed by atoms with Crippen LogP contribution in [-0.2, 0) is 6.42 Å². The third-order valence-corrected chi connectivity index (χ3v) is 4.27. The van der Waals surface area contributed by atoms with E-state index in [1.807, 2.05) is 12.1 Å². The van der Waals surface area contributed by atoms with E-state index >= 15 is 0 Å². The molecule has 0 saturated heterocycles. The third-order valence-electron chi connectivity index (χ3n) is 2.54. The normalized spacial score (nSPS) is 13.3. The molecule has 0 spiro atoms. The highest BCUT2D eigenvalue weighted by atomic mass is 35.5. The summed E-state index contributed by atoms with van der Waals surface area (Å²) < 4.78 is 1.27. The predicted molar refractivity (Wildman–Crippen MR) is 68.8 cm³/mol. The molecule has 2 aromatic rings. The molecule has 15 heavy (non-hydrogen) atoms. The van der Waals surface area contributed by atoms with Gasteiger partial charge in [0.1, 0.15) is 0 Å². The molecule has 0 bridgehead atoms. The Kier molecular flexibility index (Phi) is 3.29. The average Bonchev–Trinajstić information content (AvgIpc) is 2.57. The van der Waals surface area contributed by atoms with Crippen LogP contribution in [-0.4, -0.2) is 6.54 Å². The molecule has 0 fully saturated rings. The summed E-state index contributed by atoms with van der Waals surface area (Å²) in [6.07, 6.45) is 0.981. The lowest BCUT2D eigenvalue weighted by Gasteiger charge is -2.05. The van der Waals surface area contributed by atoms with Crippen molar-refractivity contribution in [3.63, 3.8) is 0 Å². The molecule has 0 saturated carbocycles. The molecule has 1 nitrogen and oxygen atoms in total. The van der Waals surface area contributed by atoms with Gasteiger partial charge in [-0.05, 0) is 24.9 Å². The van der Waals surface area contributed by atoms with Crippen molar-refractivity contribution < 1.29 is 0 Å². The lowest BCUT2D eigenvalue weighted by Crippen LogP contribution is -2.12. The van der Waals surface area contributed by atoms with Gasteiger partial charge in [0.15, 0.2) is 0 Å². The van der Waals surface area contributed by atoms with Gasteiger partial charge in [0.25, 0.3) is 0 Å². The van der Waals surface area contributed by atoms with E-state index in [0.29, 0.717) is 12.5 Å². The minimum absolute atomic E-state index is 0.496. The van der Waals surface area contributed by atoms with Gasteiger partial charge in [-0.25, -0.2) is 0 Å². The fraction of sp³-hybridized carbons (Fsp3) is 0.333. The fourth-order valence-corrected chi connectivity index (χ4v) is 3.27. The van der Waals surface area contributed by atoms with Crippen LogP contribution in [0.3, 0.4) is 0 Å². The number of hydrogen-bond acceptors (Lipinski definition) is 2. The minimum atomic E-state index is 0.496. The van der Waals surface area contributed by atoms with Crippen LogP contribution in [0, 0.1) is 5.92 Å². The summed E-state index contributed by atoms with van der Waals surface area (Å²) in [6, 6.07) is 8.26. The van der Waals surface area contributed by atoms with Crippen LogP contribution in [0.15, 0.2) is 24.3 Å². The molecule has 2 N–H and O–H groups in total. The highest BCUT2D eigenvalue weighted by Gasteiger charge is 2.11. The van der Waals surface area contributed by atoms with Crippen molar-refractivity contribution in [3.05, 3.63) is 34.2 Å². The first-order valence-corrected chi connectivity index (χ1v) is 6.27. The largest absolute Gasteiger partial charge is 0.330 e. The molecular formula is C12H14ClNS. The van der Waals surface area contributed by atoms with E-state index in [1.165, 1.54) is 15.0 Å². The number of hydrogen-bond donors (Lipinski definition) is 1. The standard InChI is InChI=1S/C12H14ClNS/c1-8(7-14)6-11-12(13)9-4-2-3-5-10(9)15-11/h2-5,8H,6-7,14H2,1H3. The van der Waals surface area contributed by atoms with Gasteiger partial charge in [0, 0.05) is 15.0 Å². The Hall–Kier alpha value is -0.570. The average molecular weight is 240 g/mol. The van der Waals surface area contributed by atoms with Crippen LogP contribution in [0.1, 0.15) is 11.8 Å². The zero-order chi connectivity index (χ0) is 10.8. The molecule has 80 valence electrons. The number of halogens is 1. The van der Waals surface area contributed by atoms with Crippen LogP contribution in [0.4, 0.5) is 0 Å². The maximum absolute atomic E-state index is 6.33. The van der Waals surface area contributed by atoms with Gasteiger partial charge < -0.3 is 5.73 Å². The molecule has 3 heteroatoms. The fourth-order valence-electron chi connectivity index (χ4n) is 1.60. The Morgan fingerprint density at radius 2 is 2.13 bits per heavy atom. The maximum atomic E-state index is 6.33. The third kappa shape index (κ3) is 2.17. The Morgan fingerprint density at radius 3 is 2.80 bits per heavy atom. The van der Waals surface area contributed by atoms with Gasteiger partial charge in [0.2, 0.25) is 0 Å². The highest BCUT2D eigenvalue weighted by Crippen LogP contribution is 2.36. The Balaban J connectivity index is 2.40. The first kappa shape index (κ1) is 10.9. The monoisotopic (exact) mass is 239 g/mol. The van der Waals surface area contributed by atoms with Gasteiger partial charge in [-0.2, -0.15) is 0 Å². The van der Waals surface area contributed by atoms with Crippen LogP contribution in [0.25, 0.3) is 10.1 Å². The van der Waals surface area contributed by atoms with Gasteiger partial charge in [-0.15, -0.1) is 11.3 Å². The summed E-state index contributed by atoms with van der Waals surface area (Å²) >= 11 is 8.11. The van der Waals surface area contributed by atoms with Crippen molar-refractivity contribution in [2.45, 2.75) is 13.3 Å². The van der Waals surface area contributed by atoms with Crippen molar-refractivity contribution >= 4 is 33.0 Å². The maximum Gasteiger partial charge on any atom is 0.0623 e. The van der Waals surface area contributed by atoms with Crippen LogP contribution >= 0.6 is 22.9 Å². The van der Waals surface area contributed by atoms with Crippen molar-refractivity contribution in [2.75, 3.05) is 6.54 Å². The van der Waals surface area contributed by atoms with Gasteiger partial charge in [0.05, 0.1) is 5.02 Å². The lowest BCUT2D eigenvalue weighted by molar-refractivity contribution is 0.598. The Morgan fingerprint density at radius 1 is 1.40 bits per heavy atom. The van der Waals surface area contributed by atoms with Gasteiger partial charge in [-0.3, -0.25) is 0 Å². The van der Waals surface area contributed by atoms with E-state index in [0.717, 1.165) is 11.4 Å². The van der Waals surface area contributed by atoms with E-state index in [4.69, 9.17) is 17.3 Å². The zero-order valence-electron chi connectivity index (χ0n) is 8.66. The highest BCUT2D eigenvalue weighted by molar-refractivity contribution is 7.19. The minimum Gasteiger partial charge on any atom is -0.330 e. The van der Waals surface area contributed by atoms with E-state index in [-0.39, 0.29) is 0 Å². The second-order valence-corrected chi connectivity index (χ2v) is 5.40. The number of nitrogens with two attached hydrogens (primary N) is 1. The first-order chi connectivity index (χ1) is 7.22.